The number of likely N-dealkylation sites (tertiary alicyclic amines) is 1. The number of Topliss-reactive ketones (excluding diaryl/α,β-unsaturated/α-hetero) is 2. The summed E-state index contributed by atoms with van der Waals surface area (Å²) in [7, 11) is 3.37. The van der Waals surface area contributed by atoms with Crippen molar-refractivity contribution in [1.82, 2.24) is 9.80 Å². The number of piperidine rings is 1. The van der Waals surface area contributed by atoms with Gasteiger partial charge in [0.25, 0.3) is 11.8 Å². The molecule has 0 spiro atoms. The number of rotatable bonds is 5. The Morgan fingerprint density at radius 1 is 1.12 bits per heavy atom. The summed E-state index contributed by atoms with van der Waals surface area (Å²) in [6.07, 6.45) is 0.631. The molecule has 1 saturated heterocycles. The molecule has 3 aliphatic carbocycles. The number of hydrogen-bond acceptors (Lipinski definition) is 8. The number of aliphatic hydroxyl groups excluding tert-OH is 2. The summed E-state index contributed by atoms with van der Waals surface area (Å²) in [6.45, 7) is 2.45. The number of aryl methyl sites for hydroxylation is 1. The maximum atomic E-state index is 14.0. The van der Waals surface area contributed by atoms with Crippen molar-refractivity contribution in [2.45, 2.75) is 57.5 Å². The maximum Gasteiger partial charge on any atom is 0.255 e. The normalized spacial score (nSPS) is 28.4. The fraction of sp³-hybridized carbons (Fsp3) is 0.552. The zero-order chi connectivity index (χ0) is 29.3. The molecule has 1 aromatic carbocycles. The summed E-state index contributed by atoms with van der Waals surface area (Å²) in [5.41, 5.74) is 6.89. The first-order valence-corrected chi connectivity index (χ1v) is 13.6. The van der Waals surface area contributed by atoms with Crippen molar-refractivity contribution in [3.63, 3.8) is 0 Å². The second-order valence-corrected chi connectivity index (χ2v) is 11.7. The van der Waals surface area contributed by atoms with E-state index in [1.807, 2.05) is 17.9 Å². The number of fused-ring (bicyclic) bond motifs is 3. The van der Waals surface area contributed by atoms with Crippen LogP contribution in [0.5, 0.6) is 5.75 Å². The van der Waals surface area contributed by atoms with Crippen molar-refractivity contribution < 1.29 is 38.5 Å². The number of phenols is 1. The minimum absolute atomic E-state index is 0.0249. The molecule has 0 bridgehead atoms. The number of aliphatic hydroxyl groups is 2. The highest BCUT2D eigenvalue weighted by atomic mass is 19.3. The van der Waals surface area contributed by atoms with Gasteiger partial charge in [-0.1, -0.05) is 13.0 Å². The third kappa shape index (κ3) is 4.39. The first-order valence-electron chi connectivity index (χ1n) is 13.6. The van der Waals surface area contributed by atoms with E-state index in [0.29, 0.717) is 24.0 Å². The van der Waals surface area contributed by atoms with Gasteiger partial charge in [-0.3, -0.25) is 24.2 Å². The topological polar surface area (TPSA) is 144 Å². The van der Waals surface area contributed by atoms with E-state index in [1.54, 1.807) is 19.0 Å². The molecule has 4 aliphatic rings. The van der Waals surface area contributed by atoms with Gasteiger partial charge in [-0.15, -0.1) is 0 Å². The smallest absolute Gasteiger partial charge is 0.255 e. The number of allylic oxidation sites excluding steroid dienone is 2. The predicted molar refractivity (Wildman–Crippen MR) is 141 cm³/mol. The lowest BCUT2D eigenvalue weighted by Crippen LogP contribution is -2.53. The second-order valence-electron chi connectivity index (χ2n) is 11.7. The number of amides is 1. The molecule has 0 aromatic heterocycles. The van der Waals surface area contributed by atoms with Crippen LogP contribution in [-0.2, 0) is 29.0 Å². The molecule has 1 amide bonds. The van der Waals surface area contributed by atoms with E-state index in [4.69, 9.17) is 5.73 Å². The Bertz CT molecular complexity index is 1360. The fourth-order valence-corrected chi connectivity index (χ4v) is 7.19. The summed E-state index contributed by atoms with van der Waals surface area (Å²) in [6, 6.07) is 1.05. The van der Waals surface area contributed by atoms with Crippen LogP contribution in [0.2, 0.25) is 0 Å². The molecule has 9 nitrogen and oxygen atoms in total. The van der Waals surface area contributed by atoms with Crippen molar-refractivity contribution in [2.75, 3.05) is 27.2 Å². The summed E-state index contributed by atoms with van der Waals surface area (Å²) >= 11 is 0. The molecule has 1 heterocycles. The highest BCUT2D eigenvalue weighted by molar-refractivity contribution is 6.22. The number of benzene rings is 1. The van der Waals surface area contributed by atoms with Crippen LogP contribution < -0.4 is 5.73 Å². The van der Waals surface area contributed by atoms with Crippen molar-refractivity contribution in [3.05, 3.63) is 51.0 Å². The average molecular weight is 560 g/mol. The quantitative estimate of drug-likeness (QED) is 0.403. The average Bonchev–Trinajstić information content (AvgIpc) is 2.85. The highest BCUT2D eigenvalue weighted by Gasteiger charge is 2.54. The molecule has 11 heteroatoms. The number of ketones is 2. The van der Waals surface area contributed by atoms with Gasteiger partial charge in [-0.2, -0.15) is 0 Å². The van der Waals surface area contributed by atoms with Crippen LogP contribution in [0.15, 0.2) is 28.7 Å². The Kier molecular flexibility index (Phi) is 7.02. The molecule has 1 aliphatic heterocycles. The number of carbonyl (C=O) groups is 3. The number of carbonyl (C=O) groups excluding carboxylic acids is 3. The van der Waals surface area contributed by atoms with Gasteiger partial charge in [0.05, 0.1) is 17.5 Å². The molecular weight excluding hydrogens is 524 g/mol. The monoisotopic (exact) mass is 559 g/mol. The molecule has 1 aromatic rings. The molecule has 0 saturated carbocycles. The molecule has 5 N–H and O–H groups in total. The number of halogens is 2. The molecule has 0 radical (unpaired) electrons. The standard InChI is InChI=1S/C29H35F2N3O6/c1-4-13-9-15(12-34-7-5-29(30,31)6-8-34)23(35)19-16(13)10-14-11-17-20(25(37)18(14)24(19)36)26(38)21(28(32)40)27(39)22(17)33(2)3/h9,14,17,20,22,35,37,39H,4-8,10-12H2,1-3H3,(H2,32,40)/t14?,17?,20?,22-/m1/s1. The second kappa shape index (κ2) is 9.95. The third-order valence-corrected chi connectivity index (χ3v) is 9.10. The molecule has 3 unspecified atom stereocenters. The number of alkyl halides is 2. The van der Waals surface area contributed by atoms with E-state index in [2.05, 4.69) is 0 Å². The Morgan fingerprint density at radius 3 is 2.35 bits per heavy atom. The summed E-state index contributed by atoms with van der Waals surface area (Å²) < 4.78 is 27.3. The molecule has 40 heavy (non-hydrogen) atoms. The number of nitrogens with two attached hydrogens (primary N) is 1. The summed E-state index contributed by atoms with van der Waals surface area (Å²) in [4.78, 5) is 42.9. The van der Waals surface area contributed by atoms with Gasteiger partial charge in [0.15, 0.2) is 11.6 Å². The zero-order valence-corrected chi connectivity index (χ0v) is 22.8. The van der Waals surface area contributed by atoms with Gasteiger partial charge in [0.2, 0.25) is 0 Å². The lowest BCUT2D eigenvalue weighted by atomic mass is 9.60. The van der Waals surface area contributed by atoms with E-state index in [1.165, 1.54) is 0 Å². The first kappa shape index (κ1) is 28.2. The minimum Gasteiger partial charge on any atom is -0.511 e. The van der Waals surface area contributed by atoms with Crippen molar-refractivity contribution in [1.29, 1.82) is 0 Å². The van der Waals surface area contributed by atoms with Crippen LogP contribution in [0.4, 0.5) is 8.78 Å². The Morgan fingerprint density at radius 2 is 1.77 bits per heavy atom. The number of aromatic hydroxyl groups is 1. The Labute approximate surface area is 230 Å². The van der Waals surface area contributed by atoms with Gasteiger partial charge >= 0.3 is 0 Å². The lowest BCUT2D eigenvalue weighted by molar-refractivity contribution is -0.127. The van der Waals surface area contributed by atoms with Crippen LogP contribution in [0.3, 0.4) is 0 Å². The van der Waals surface area contributed by atoms with E-state index in [9.17, 15) is 38.5 Å². The van der Waals surface area contributed by atoms with Gasteiger partial charge < -0.3 is 21.1 Å². The molecule has 4 atom stereocenters. The van der Waals surface area contributed by atoms with Gasteiger partial charge in [0.1, 0.15) is 22.8 Å². The molecule has 216 valence electrons. The SMILES string of the molecule is CCc1cc(CN2CCC(F)(F)CC2)c(O)c2c1CC1CC3C(C(=O)C(C(N)=O)=C(O)[C@@H]3N(C)C)C(O)=C1C2=O. The van der Waals surface area contributed by atoms with E-state index < -0.39 is 64.3 Å². The molecule has 1 fully saturated rings. The Hall–Kier alpha value is -3.31. The maximum absolute atomic E-state index is 14.0. The summed E-state index contributed by atoms with van der Waals surface area (Å²) in [5, 5.41) is 33.6. The number of nitrogens with zero attached hydrogens (tertiary/aromatic N) is 2. The van der Waals surface area contributed by atoms with E-state index in [-0.39, 0.29) is 55.8 Å². The predicted octanol–water partition coefficient (Wildman–Crippen LogP) is 2.80. The van der Waals surface area contributed by atoms with Crippen molar-refractivity contribution >= 4 is 17.5 Å². The van der Waals surface area contributed by atoms with Crippen LogP contribution in [0, 0.1) is 17.8 Å². The highest BCUT2D eigenvalue weighted by Crippen LogP contribution is 2.51. The van der Waals surface area contributed by atoms with Crippen LogP contribution in [0.1, 0.15) is 53.2 Å². The zero-order valence-electron chi connectivity index (χ0n) is 22.8. The third-order valence-electron chi connectivity index (χ3n) is 9.10. The van der Waals surface area contributed by atoms with Gasteiger partial charge in [0, 0.05) is 43.6 Å². The van der Waals surface area contributed by atoms with Crippen molar-refractivity contribution in [2.24, 2.45) is 23.5 Å². The minimum atomic E-state index is -2.71. The number of phenolic OH excluding ortho intramolecular Hbond substituents is 1. The van der Waals surface area contributed by atoms with Crippen molar-refractivity contribution in [3.8, 4) is 5.75 Å². The number of likely N-dealkylation sites (N-methyl/N-ethyl adjacent to an activating group) is 1. The van der Waals surface area contributed by atoms with E-state index in [0.717, 1.165) is 5.56 Å². The number of hydrogen-bond donors (Lipinski definition) is 4. The fourth-order valence-electron chi connectivity index (χ4n) is 7.19. The molecular formula is C29H35F2N3O6. The van der Waals surface area contributed by atoms with E-state index >= 15 is 0 Å². The van der Waals surface area contributed by atoms with Crippen LogP contribution >= 0.6 is 0 Å². The lowest BCUT2D eigenvalue weighted by Gasteiger charge is -2.46. The largest absolute Gasteiger partial charge is 0.511 e. The number of primary amides is 1. The first-order chi connectivity index (χ1) is 18.8. The van der Waals surface area contributed by atoms with Gasteiger partial charge in [-0.05, 0) is 56.3 Å². The molecule has 5 rings (SSSR count). The van der Waals surface area contributed by atoms with Gasteiger partial charge in [-0.25, -0.2) is 8.78 Å². The van der Waals surface area contributed by atoms with Crippen LogP contribution in [0.25, 0.3) is 0 Å². The Balaban J connectivity index is 1.57. The van der Waals surface area contributed by atoms with Crippen LogP contribution in [-0.4, -0.2) is 81.7 Å². The summed E-state index contributed by atoms with van der Waals surface area (Å²) in [5.74, 6) is -8.70.